The number of benzene rings is 3. The molecule has 1 amide bonds. The van der Waals surface area contributed by atoms with Crippen molar-refractivity contribution in [3.05, 3.63) is 115 Å². The van der Waals surface area contributed by atoms with Crippen LogP contribution in [0.25, 0.3) is 0 Å². The minimum atomic E-state index is -1.45. The lowest BCUT2D eigenvalue weighted by Gasteiger charge is -2.44. The summed E-state index contributed by atoms with van der Waals surface area (Å²) in [5.74, 6) is -1.69. The highest BCUT2D eigenvalue weighted by atomic mass is 16.7. The third kappa shape index (κ3) is 9.75. The monoisotopic (exact) mass is 701 g/mol. The van der Waals surface area contributed by atoms with Crippen LogP contribution in [0.4, 0.5) is 10.5 Å². The van der Waals surface area contributed by atoms with Gasteiger partial charge in [-0.05, 0) is 48.9 Å². The highest BCUT2D eigenvalue weighted by Gasteiger charge is 2.53. The molecule has 0 spiro atoms. The normalized spacial score (nSPS) is 21.8. The second-order valence-electron chi connectivity index (χ2n) is 12.1. The number of methoxy groups -OCH3 is 1. The lowest BCUT2D eigenvalue weighted by atomic mass is 9.94. The molecule has 1 fully saturated rings. The molecule has 2 aliphatic heterocycles. The molecule has 5 rings (SSSR count). The molecule has 0 unspecified atom stereocenters. The van der Waals surface area contributed by atoms with Crippen LogP contribution in [0.15, 0.2) is 104 Å². The smallest absolute Gasteiger partial charge is 0.412 e. The Morgan fingerprint density at radius 3 is 1.92 bits per heavy atom. The molecule has 0 saturated carbocycles. The van der Waals surface area contributed by atoms with E-state index in [1.54, 1.807) is 30.4 Å². The van der Waals surface area contributed by atoms with Gasteiger partial charge in [-0.15, -0.1) is 13.2 Å². The Hall–Kier alpha value is -5.17. The first-order valence-electron chi connectivity index (χ1n) is 16.7. The predicted molar refractivity (Wildman–Crippen MR) is 186 cm³/mol. The Bertz CT molecular complexity index is 1630. The third-order valence-electron chi connectivity index (χ3n) is 8.59. The minimum absolute atomic E-state index is 0.0464. The van der Waals surface area contributed by atoms with Crippen LogP contribution >= 0.6 is 0 Å². The van der Waals surface area contributed by atoms with Gasteiger partial charge in [0.25, 0.3) is 0 Å². The molecular weight excluding hydrogens is 658 g/mol. The van der Waals surface area contributed by atoms with Crippen LogP contribution in [0.1, 0.15) is 24.0 Å². The number of esters is 2. The van der Waals surface area contributed by atoms with E-state index < -0.39 is 67.2 Å². The van der Waals surface area contributed by atoms with E-state index >= 15 is 0 Å². The zero-order valence-corrected chi connectivity index (χ0v) is 28.4. The molecule has 3 aromatic rings. The van der Waals surface area contributed by atoms with Gasteiger partial charge in [-0.3, -0.25) is 14.9 Å². The molecule has 2 aliphatic rings. The van der Waals surface area contributed by atoms with Crippen molar-refractivity contribution < 1.29 is 52.6 Å². The zero-order chi connectivity index (χ0) is 36.2. The molecule has 12 nitrogen and oxygen atoms in total. The quantitative estimate of drug-likeness (QED) is 0.113. The maximum absolute atomic E-state index is 14.0. The topological polar surface area (TPSA) is 148 Å². The van der Waals surface area contributed by atoms with Gasteiger partial charge in [0.2, 0.25) is 6.79 Å². The molecule has 7 atom stereocenters. The van der Waals surface area contributed by atoms with Gasteiger partial charge < -0.3 is 38.3 Å². The first-order chi connectivity index (χ1) is 24.8. The molecule has 0 aromatic heterocycles. The van der Waals surface area contributed by atoms with Gasteiger partial charge in [-0.25, -0.2) is 4.79 Å². The fourth-order valence-corrected chi connectivity index (χ4v) is 6.05. The number of aliphatic hydroxyl groups is 1. The van der Waals surface area contributed by atoms with Crippen LogP contribution in [0.2, 0.25) is 0 Å². The van der Waals surface area contributed by atoms with Gasteiger partial charge in [-0.1, -0.05) is 72.8 Å². The number of carbonyl (C=O) groups is 3. The van der Waals surface area contributed by atoms with Crippen molar-refractivity contribution in [3.8, 4) is 11.5 Å². The summed E-state index contributed by atoms with van der Waals surface area (Å²) < 4.78 is 40.3. The van der Waals surface area contributed by atoms with Gasteiger partial charge >= 0.3 is 18.0 Å². The number of hydrogen-bond donors (Lipinski definition) is 2. The van der Waals surface area contributed by atoms with E-state index in [9.17, 15) is 19.5 Å². The van der Waals surface area contributed by atoms with Crippen molar-refractivity contribution >= 4 is 23.7 Å². The SMILES string of the molecule is C=CC[C@H](Cc1ccccc1)C(=O)O[C@H]1[C@@H](OC(=O)Nc2ccc3c(c2)OCO3)[C@@H](CO)O[C@H](OC)[C@@H]1OC(=O)[C@H](CC=C)Cc1ccccc1. The number of amides is 1. The fraction of sp³-hybridized carbons (Fsp3) is 0.359. The number of fused-ring (bicyclic) bond motifs is 1. The molecule has 2 N–H and O–H groups in total. The Balaban J connectivity index is 1.44. The number of allylic oxidation sites excluding steroid dienone is 2. The Morgan fingerprint density at radius 2 is 1.37 bits per heavy atom. The van der Waals surface area contributed by atoms with E-state index in [1.807, 2.05) is 60.7 Å². The maximum Gasteiger partial charge on any atom is 0.412 e. The van der Waals surface area contributed by atoms with Crippen molar-refractivity contribution in [1.29, 1.82) is 0 Å². The van der Waals surface area contributed by atoms with Crippen molar-refractivity contribution in [1.82, 2.24) is 0 Å². The highest BCUT2D eigenvalue weighted by Crippen LogP contribution is 2.35. The Morgan fingerprint density at radius 1 is 0.804 bits per heavy atom. The van der Waals surface area contributed by atoms with E-state index in [0.717, 1.165) is 11.1 Å². The summed E-state index contributed by atoms with van der Waals surface area (Å²) in [7, 11) is 1.33. The van der Waals surface area contributed by atoms with Crippen LogP contribution in [0, 0.1) is 11.8 Å². The van der Waals surface area contributed by atoms with Gasteiger partial charge in [0.1, 0.15) is 6.10 Å². The van der Waals surface area contributed by atoms with E-state index in [-0.39, 0.29) is 13.2 Å². The second kappa shape index (κ2) is 18.2. The summed E-state index contributed by atoms with van der Waals surface area (Å²) in [6.45, 7) is 7.01. The average molecular weight is 702 g/mol. The number of ether oxygens (including phenoxy) is 7. The van der Waals surface area contributed by atoms with E-state index in [2.05, 4.69) is 18.5 Å². The summed E-state index contributed by atoms with van der Waals surface area (Å²) in [6.07, 6.45) is -3.32. The summed E-state index contributed by atoms with van der Waals surface area (Å²) in [6, 6.07) is 23.6. The van der Waals surface area contributed by atoms with Gasteiger partial charge in [0.05, 0.1) is 18.4 Å². The maximum atomic E-state index is 14.0. The number of hydrogen-bond acceptors (Lipinski definition) is 11. The summed E-state index contributed by atoms with van der Waals surface area (Å²) >= 11 is 0. The fourth-order valence-electron chi connectivity index (χ4n) is 6.05. The molecule has 270 valence electrons. The summed E-state index contributed by atoms with van der Waals surface area (Å²) in [4.78, 5) is 41.2. The standard InChI is InChI=1S/C39H43NO11/c1-4-12-27(20-25-14-8-6-9-15-25)36(42)49-34-33(51-39(44)40-29-18-19-30-31(22-29)47-24-46-30)32(23-41)48-38(45-3)35(34)50-37(43)28(13-5-2)21-26-16-10-7-11-17-26/h4-11,14-19,22,27-28,32-35,38,41H,1-2,12-13,20-21,23-24H2,3H3,(H,40,44)/t27-,28-,32-,33+,34+,35-,38+/m1/s1. The molecule has 1 saturated heterocycles. The molecule has 0 aliphatic carbocycles. The van der Waals surface area contributed by atoms with Crippen LogP contribution in [0.5, 0.6) is 11.5 Å². The average Bonchev–Trinajstić information content (AvgIpc) is 3.61. The van der Waals surface area contributed by atoms with E-state index in [1.165, 1.54) is 7.11 Å². The van der Waals surface area contributed by atoms with Gasteiger partial charge in [0, 0.05) is 18.9 Å². The molecular formula is C39H43NO11. The molecule has 12 heteroatoms. The summed E-state index contributed by atoms with van der Waals surface area (Å²) in [5.41, 5.74) is 2.13. The first kappa shape index (κ1) is 37.1. The molecule has 0 radical (unpaired) electrons. The van der Waals surface area contributed by atoms with Crippen molar-refractivity contribution in [3.63, 3.8) is 0 Å². The zero-order valence-electron chi connectivity index (χ0n) is 28.4. The Kier molecular flexibility index (Phi) is 13.2. The summed E-state index contributed by atoms with van der Waals surface area (Å²) in [5, 5.41) is 13.0. The molecule has 2 heterocycles. The van der Waals surface area contributed by atoms with Crippen molar-refractivity contribution in [2.45, 2.75) is 56.4 Å². The number of anilines is 1. The first-order valence-corrected chi connectivity index (χ1v) is 16.7. The van der Waals surface area contributed by atoms with Crippen LogP contribution < -0.4 is 14.8 Å². The lowest BCUT2D eigenvalue weighted by Crippen LogP contribution is -2.63. The third-order valence-corrected chi connectivity index (χ3v) is 8.59. The number of rotatable bonds is 16. The van der Waals surface area contributed by atoms with E-state index in [0.29, 0.717) is 36.4 Å². The van der Waals surface area contributed by atoms with E-state index in [4.69, 9.17) is 33.2 Å². The molecule has 0 bridgehead atoms. The molecule has 51 heavy (non-hydrogen) atoms. The second-order valence-corrected chi connectivity index (χ2v) is 12.1. The lowest BCUT2D eigenvalue weighted by molar-refractivity contribution is -0.300. The minimum Gasteiger partial charge on any atom is -0.454 e. The van der Waals surface area contributed by atoms with Crippen molar-refractivity contribution in [2.75, 3.05) is 25.8 Å². The number of nitrogens with one attached hydrogen (secondary N) is 1. The molecule has 3 aromatic carbocycles. The highest BCUT2D eigenvalue weighted by molar-refractivity contribution is 5.85. The van der Waals surface area contributed by atoms with Crippen molar-refractivity contribution in [2.24, 2.45) is 11.8 Å². The Labute approximate surface area is 296 Å². The van der Waals surface area contributed by atoms with Crippen LogP contribution in [-0.2, 0) is 46.1 Å². The predicted octanol–water partition coefficient (Wildman–Crippen LogP) is 5.39. The van der Waals surface area contributed by atoms with Gasteiger partial charge in [0.15, 0.2) is 36.1 Å². The van der Waals surface area contributed by atoms with Crippen LogP contribution in [-0.4, -0.2) is 74.4 Å². The number of carbonyl (C=O) groups excluding carboxylic acids is 3. The van der Waals surface area contributed by atoms with Crippen LogP contribution in [0.3, 0.4) is 0 Å². The largest absolute Gasteiger partial charge is 0.454 e. The van der Waals surface area contributed by atoms with Gasteiger partial charge in [-0.2, -0.15) is 0 Å². The number of aliphatic hydroxyl groups excluding tert-OH is 1.